The van der Waals surface area contributed by atoms with Crippen molar-refractivity contribution in [2.45, 2.75) is 0 Å². The number of para-hydroxylation sites is 1. The summed E-state index contributed by atoms with van der Waals surface area (Å²) in [6, 6.07) is 20.4. The van der Waals surface area contributed by atoms with Crippen LogP contribution in [0.4, 0.5) is 0 Å². The van der Waals surface area contributed by atoms with Gasteiger partial charge in [-0.25, -0.2) is 10.2 Å². The second-order valence-electron chi connectivity index (χ2n) is 6.06. The standard InChI is InChI=1S/C22H16N2O5/c25-21(15-6-2-1-3-7-15)24-23-13-17-8-4-5-9-18(17)29-22(26)16-10-11-19-20(12-16)28-14-27-19/h1-13H,14H2,(H,24,25)/b23-13+. The molecule has 0 saturated carbocycles. The number of rotatable bonds is 5. The van der Waals surface area contributed by atoms with Gasteiger partial charge in [-0.15, -0.1) is 0 Å². The molecule has 0 bridgehead atoms. The highest BCUT2D eigenvalue weighted by Gasteiger charge is 2.18. The Morgan fingerprint density at radius 1 is 0.897 bits per heavy atom. The Morgan fingerprint density at radius 2 is 1.66 bits per heavy atom. The minimum Gasteiger partial charge on any atom is -0.454 e. The summed E-state index contributed by atoms with van der Waals surface area (Å²) in [6.45, 7) is 0.127. The Morgan fingerprint density at radius 3 is 2.52 bits per heavy atom. The molecule has 1 amide bonds. The van der Waals surface area contributed by atoms with Crippen molar-refractivity contribution < 1.29 is 23.8 Å². The molecule has 0 unspecified atom stereocenters. The number of hydrogen-bond acceptors (Lipinski definition) is 6. The molecule has 7 nitrogen and oxygen atoms in total. The number of carbonyl (C=O) groups excluding carboxylic acids is 2. The SMILES string of the molecule is O=C(N/N=C/c1ccccc1OC(=O)c1ccc2c(c1)OCO2)c1ccccc1. The van der Waals surface area contributed by atoms with Crippen LogP contribution in [-0.2, 0) is 0 Å². The molecule has 144 valence electrons. The smallest absolute Gasteiger partial charge is 0.343 e. The number of esters is 1. The third-order valence-corrected chi connectivity index (χ3v) is 4.14. The minimum atomic E-state index is -0.544. The van der Waals surface area contributed by atoms with Gasteiger partial charge in [0.1, 0.15) is 5.75 Å². The van der Waals surface area contributed by atoms with E-state index >= 15 is 0 Å². The maximum atomic E-state index is 12.5. The number of hydrazone groups is 1. The fraction of sp³-hybridized carbons (Fsp3) is 0.0455. The van der Waals surface area contributed by atoms with Crippen molar-refractivity contribution in [3.05, 3.63) is 89.5 Å². The number of carbonyl (C=O) groups is 2. The number of fused-ring (bicyclic) bond motifs is 1. The fourth-order valence-electron chi connectivity index (χ4n) is 2.68. The molecule has 1 heterocycles. The van der Waals surface area contributed by atoms with Gasteiger partial charge in [0.05, 0.1) is 11.8 Å². The molecule has 0 spiro atoms. The van der Waals surface area contributed by atoms with Gasteiger partial charge in [0.2, 0.25) is 6.79 Å². The highest BCUT2D eigenvalue weighted by molar-refractivity contribution is 5.96. The third kappa shape index (κ3) is 4.24. The van der Waals surface area contributed by atoms with Gasteiger partial charge in [-0.1, -0.05) is 30.3 Å². The van der Waals surface area contributed by atoms with Gasteiger partial charge in [0.25, 0.3) is 5.91 Å². The summed E-state index contributed by atoms with van der Waals surface area (Å²) in [4.78, 5) is 24.5. The van der Waals surface area contributed by atoms with Crippen LogP contribution in [0.25, 0.3) is 0 Å². The predicted octanol–water partition coefficient (Wildman–Crippen LogP) is 3.40. The predicted molar refractivity (Wildman–Crippen MR) is 105 cm³/mol. The van der Waals surface area contributed by atoms with E-state index in [1.165, 1.54) is 6.21 Å². The molecular formula is C22H16N2O5. The van der Waals surface area contributed by atoms with Gasteiger partial charge in [0.15, 0.2) is 11.5 Å². The number of benzene rings is 3. The normalized spacial score (nSPS) is 12.0. The fourth-order valence-corrected chi connectivity index (χ4v) is 2.68. The molecule has 1 N–H and O–H groups in total. The van der Waals surface area contributed by atoms with Gasteiger partial charge in [-0.3, -0.25) is 4.79 Å². The number of amides is 1. The van der Waals surface area contributed by atoms with E-state index < -0.39 is 5.97 Å². The van der Waals surface area contributed by atoms with Gasteiger partial charge < -0.3 is 14.2 Å². The Balaban J connectivity index is 1.45. The highest BCUT2D eigenvalue weighted by atomic mass is 16.7. The first-order valence-corrected chi connectivity index (χ1v) is 8.80. The molecule has 3 aromatic carbocycles. The van der Waals surface area contributed by atoms with E-state index in [4.69, 9.17) is 14.2 Å². The molecule has 0 aliphatic carbocycles. The van der Waals surface area contributed by atoms with Crippen molar-refractivity contribution in [3.8, 4) is 17.2 Å². The topological polar surface area (TPSA) is 86.2 Å². The van der Waals surface area contributed by atoms with Crippen LogP contribution in [0.15, 0.2) is 77.9 Å². The van der Waals surface area contributed by atoms with Crippen molar-refractivity contribution >= 4 is 18.1 Å². The first kappa shape index (κ1) is 18.2. The molecule has 0 aromatic heterocycles. The van der Waals surface area contributed by atoms with Gasteiger partial charge >= 0.3 is 5.97 Å². The van der Waals surface area contributed by atoms with Gasteiger partial charge in [-0.05, 0) is 42.5 Å². The number of hydrogen-bond donors (Lipinski definition) is 1. The Hall–Kier alpha value is -4.13. The van der Waals surface area contributed by atoms with Crippen LogP contribution in [0.2, 0.25) is 0 Å². The number of nitrogens with zero attached hydrogens (tertiary/aromatic N) is 1. The lowest BCUT2D eigenvalue weighted by atomic mass is 10.2. The molecule has 0 atom stereocenters. The van der Waals surface area contributed by atoms with E-state index in [9.17, 15) is 9.59 Å². The lowest BCUT2D eigenvalue weighted by Gasteiger charge is -2.08. The number of nitrogens with one attached hydrogen (secondary N) is 1. The van der Waals surface area contributed by atoms with E-state index in [0.29, 0.717) is 33.9 Å². The molecule has 4 rings (SSSR count). The Labute approximate surface area is 166 Å². The zero-order valence-corrected chi connectivity index (χ0v) is 15.2. The monoisotopic (exact) mass is 388 g/mol. The lowest BCUT2D eigenvalue weighted by molar-refractivity contribution is 0.0733. The minimum absolute atomic E-state index is 0.127. The van der Waals surface area contributed by atoms with Crippen LogP contribution in [-0.4, -0.2) is 24.9 Å². The zero-order valence-electron chi connectivity index (χ0n) is 15.2. The van der Waals surface area contributed by atoms with Crippen LogP contribution in [0.1, 0.15) is 26.3 Å². The number of ether oxygens (including phenoxy) is 3. The first-order valence-electron chi connectivity index (χ1n) is 8.80. The summed E-state index contributed by atoms with van der Waals surface area (Å²) in [5.74, 6) is 0.517. The van der Waals surface area contributed by atoms with Crippen LogP contribution < -0.4 is 19.6 Å². The van der Waals surface area contributed by atoms with E-state index in [2.05, 4.69) is 10.5 Å². The summed E-state index contributed by atoms with van der Waals surface area (Å²) >= 11 is 0. The van der Waals surface area contributed by atoms with Crippen LogP contribution >= 0.6 is 0 Å². The van der Waals surface area contributed by atoms with Crippen LogP contribution in [0.5, 0.6) is 17.2 Å². The zero-order chi connectivity index (χ0) is 20.1. The molecule has 0 fully saturated rings. The average molecular weight is 388 g/mol. The van der Waals surface area contributed by atoms with Crippen molar-refractivity contribution in [1.82, 2.24) is 5.43 Å². The van der Waals surface area contributed by atoms with E-state index in [0.717, 1.165) is 0 Å². The summed E-state index contributed by atoms with van der Waals surface area (Å²) in [6.07, 6.45) is 1.42. The molecule has 29 heavy (non-hydrogen) atoms. The van der Waals surface area contributed by atoms with Gasteiger partial charge in [-0.2, -0.15) is 5.10 Å². The maximum Gasteiger partial charge on any atom is 0.343 e. The molecule has 0 radical (unpaired) electrons. The summed E-state index contributed by atoms with van der Waals surface area (Å²) < 4.78 is 16.0. The van der Waals surface area contributed by atoms with Crippen LogP contribution in [0.3, 0.4) is 0 Å². The highest BCUT2D eigenvalue weighted by Crippen LogP contribution is 2.32. The molecule has 0 saturated heterocycles. The summed E-state index contributed by atoms with van der Waals surface area (Å²) in [5, 5.41) is 3.95. The molecule has 7 heteroatoms. The average Bonchev–Trinajstić information content (AvgIpc) is 3.23. The Kier molecular flexibility index (Phi) is 5.20. The van der Waals surface area contributed by atoms with Crippen molar-refractivity contribution in [1.29, 1.82) is 0 Å². The maximum absolute atomic E-state index is 12.5. The first-order chi connectivity index (χ1) is 14.2. The molecule has 3 aromatic rings. The van der Waals surface area contributed by atoms with Crippen molar-refractivity contribution in [3.63, 3.8) is 0 Å². The van der Waals surface area contributed by atoms with E-state index in [1.807, 2.05) is 6.07 Å². The second-order valence-corrected chi connectivity index (χ2v) is 6.06. The summed E-state index contributed by atoms with van der Waals surface area (Å²) in [5.41, 5.74) is 3.81. The van der Waals surface area contributed by atoms with Crippen LogP contribution in [0, 0.1) is 0 Å². The van der Waals surface area contributed by atoms with Gasteiger partial charge in [0, 0.05) is 11.1 Å². The lowest BCUT2D eigenvalue weighted by Crippen LogP contribution is -2.17. The van der Waals surface area contributed by atoms with Crippen molar-refractivity contribution in [2.24, 2.45) is 5.10 Å². The molecular weight excluding hydrogens is 372 g/mol. The van der Waals surface area contributed by atoms with E-state index in [1.54, 1.807) is 66.7 Å². The van der Waals surface area contributed by atoms with Crippen molar-refractivity contribution in [2.75, 3.05) is 6.79 Å². The quantitative estimate of drug-likeness (QED) is 0.313. The molecule has 1 aliphatic rings. The molecule has 1 aliphatic heterocycles. The largest absolute Gasteiger partial charge is 0.454 e. The summed E-state index contributed by atoms with van der Waals surface area (Å²) in [7, 11) is 0. The Bertz CT molecular complexity index is 1080. The third-order valence-electron chi connectivity index (χ3n) is 4.14. The van der Waals surface area contributed by atoms with E-state index in [-0.39, 0.29) is 12.7 Å². The second kappa shape index (κ2) is 8.26.